The van der Waals surface area contributed by atoms with Crippen LogP contribution in [0.15, 0.2) is 42.6 Å². The molecule has 3 aromatic rings. The van der Waals surface area contributed by atoms with Gasteiger partial charge in [-0.2, -0.15) is 0 Å². The SMILES string of the molecule is Cc1ccc(NC(=O)C2CCc3nc(-c4ccccn4)sc3C2)cc1C. The van der Waals surface area contributed by atoms with Crippen LogP contribution in [-0.2, 0) is 17.6 Å². The fourth-order valence-electron chi connectivity index (χ4n) is 3.26. The van der Waals surface area contributed by atoms with E-state index in [0.717, 1.165) is 41.3 Å². The average molecular weight is 363 g/mol. The summed E-state index contributed by atoms with van der Waals surface area (Å²) in [4.78, 5) is 23.1. The molecular weight excluding hydrogens is 342 g/mol. The zero-order chi connectivity index (χ0) is 18.1. The van der Waals surface area contributed by atoms with Crippen LogP contribution in [0.2, 0.25) is 0 Å². The monoisotopic (exact) mass is 363 g/mol. The number of hydrogen-bond acceptors (Lipinski definition) is 4. The van der Waals surface area contributed by atoms with E-state index >= 15 is 0 Å². The number of nitrogens with zero attached hydrogens (tertiary/aromatic N) is 2. The van der Waals surface area contributed by atoms with Crippen molar-refractivity contribution in [3.05, 3.63) is 64.3 Å². The van der Waals surface area contributed by atoms with Crippen molar-refractivity contribution in [2.45, 2.75) is 33.1 Å². The van der Waals surface area contributed by atoms with Gasteiger partial charge in [-0.3, -0.25) is 9.78 Å². The van der Waals surface area contributed by atoms with Crippen LogP contribution >= 0.6 is 11.3 Å². The van der Waals surface area contributed by atoms with Gasteiger partial charge in [0.1, 0.15) is 5.01 Å². The third kappa shape index (κ3) is 3.40. The summed E-state index contributed by atoms with van der Waals surface area (Å²) in [5.74, 6) is 0.104. The molecule has 1 atom stereocenters. The number of fused-ring (bicyclic) bond motifs is 1. The van der Waals surface area contributed by atoms with Crippen LogP contribution in [0.25, 0.3) is 10.7 Å². The van der Waals surface area contributed by atoms with Crippen LogP contribution in [0.5, 0.6) is 0 Å². The van der Waals surface area contributed by atoms with Gasteiger partial charge in [0.15, 0.2) is 0 Å². The van der Waals surface area contributed by atoms with Crippen LogP contribution in [0.1, 0.15) is 28.1 Å². The van der Waals surface area contributed by atoms with E-state index in [2.05, 4.69) is 24.1 Å². The summed E-state index contributed by atoms with van der Waals surface area (Å²) in [6, 6.07) is 11.9. The van der Waals surface area contributed by atoms with Crippen LogP contribution in [0.3, 0.4) is 0 Å². The molecule has 0 saturated carbocycles. The van der Waals surface area contributed by atoms with E-state index in [9.17, 15) is 4.79 Å². The van der Waals surface area contributed by atoms with Gasteiger partial charge in [-0.15, -0.1) is 11.3 Å². The Bertz CT molecular complexity index is 949. The number of nitrogens with one attached hydrogen (secondary N) is 1. The highest BCUT2D eigenvalue weighted by molar-refractivity contribution is 7.15. The molecule has 0 spiro atoms. The maximum Gasteiger partial charge on any atom is 0.227 e. The molecule has 0 radical (unpaired) electrons. The molecule has 1 aromatic carbocycles. The summed E-state index contributed by atoms with van der Waals surface area (Å²) in [5.41, 5.74) is 5.34. The fraction of sp³-hybridized carbons (Fsp3) is 0.286. The Balaban J connectivity index is 1.48. The minimum absolute atomic E-state index is 0.00106. The number of thiazole rings is 1. The number of benzene rings is 1. The standard InChI is InChI=1S/C21H21N3OS/c1-13-6-8-16(11-14(13)2)23-20(25)15-7-9-17-19(12-15)26-21(24-17)18-5-3-4-10-22-18/h3-6,8,10-11,15H,7,9,12H2,1-2H3,(H,23,25). The predicted octanol–water partition coefficient (Wildman–Crippen LogP) is 4.57. The highest BCUT2D eigenvalue weighted by atomic mass is 32.1. The van der Waals surface area contributed by atoms with Crippen molar-refractivity contribution in [1.29, 1.82) is 0 Å². The molecule has 0 bridgehead atoms. The van der Waals surface area contributed by atoms with E-state index in [1.165, 1.54) is 16.0 Å². The lowest BCUT2D eigenvalue weighted by Gasteiger charge is -2.20. The first-order valence-corrected chi connectivity index (χ1v) is 9.70. The van der Waals surface area contributed by atoms with Crippen molar-refractivity contribution in [3.8, 4) is 10.7 Å². The second-order valence-electron chi connectivity index (χ2n) is 6.83. The van der Waals surface area contributed by atoms with E-state index in [4.69, 9.17) is 4.98 Å². The van der Waals surface area contributed by atoms with Crippen molar-refractivity contribution < 1.29 is 4.79 Å². The zero-order valence-electron chi connectivity index (χ0n) is 15.0. The molecule has 4 nitrogen and oxygen atoms in total. The molecule has 1 aliphatic carbocycles. The lowest BCUT2D eigenvalue weighted by Crippen LogP contribution is -2.27. The Hall–Kier alpha value is -2.53. The number of amides is 1. The van der Waals surface area contributed by atoms with Gasteiger partial charge in [-0.25, -0.2) is 4.98 Å². The molecule has 1 unspecified atom stereocenters. The molecule has 0 aliphatic heterocycles. The Kier molecular flexibility index (Phi) is 4.55. The van der Waals surface area contributed by atoms with Crippen LogP contribution in [0.4, 0.5) is 5.69 Å². The quantitative estimate of drug-likeness (QED) is 0.742. The van der Waals surface area contributed by atoms with Gasteiger partial charge in [-0.05, 0) is 68.5 Å². The summed E-state index contributed by atoms with van der Waals surface area (Å²) in [6.45, 7) is 4.14. The number of carbonyl (C=O) groups is 1. The number of aromatic nitrogens is 2. The van der Waals surface area contributed by atoms with Crippen molar-refractivity contribution in [1.82, 2.24) is 9.97 Å². The molecule has 5 heteroatoms. The maximum atomic E-state index is 12.7. The van der Waals surface area contributed by atoms with Crippen molar-refractivity contribution in [2.75, 3.05) is 5.32 Å². The van der Waals surface area contributed by atoms with E-state index in [1.54, 1.807) is 17.5 Å². The smallest absolute Gasteiger partial charge is 0.227 e. The van der Waals surface area contributed by atoms with E-state index < -0.39 is 0 Å². The first-order chi connectivity index (χ1) is 12.6. The first-order valence-electron chi connectivity index (χ1n) is 8.88. The summed E-state index contributed by atoms with van der Waals surface area (Å²) >= 11 is 1.67. The van der Waals surface area contributed by atoms with Crippen LogP contribution in [0, 0.1) is 19.8 Å². The summed E-state index contributed by atoms with van der Waals surface area (Å²) in [7, 11) is 0. The molecule has 0 saturated heterocycles. The molecular formula is C21H21N3OS. The van der Waals surface area contributed by atoms with Gasteiger partial charge in [0, 0.05) is 22.7 Å². The van der Waals surface area contributed by atoms with E-state index in [-0.39, 0.29) is 11.8 Å². The number of pyridine rings is 1. The molecule has 2 aromatic heterocycles. The van der Waals surface area contributed by atoms with Gasteiger partial charge < -0.3 is 5.32 Å². The molecule has 2 heterocycles. The van der Waals surface area contributed by atoms with Crippen molar-refractivity contribution in [3.63, 3.8) is 0 Å². The lowest BCUT2D eigenvalue weighted by atomic mass is 9.90. The Morgan fingerprint density at radius 1 is 1.19 bits per heavy atom. The third-order valence-electron chi connectivity index (χ3n) is 4.97. The third-order valence-corrected chi connectivity index (χ3v) is 6.11. The summed E-state index contributed by atoms with van der Waals surface area (Å²) < 4.78 is 0. The van der Waals surface area contributed by atoms with Gasteiger partial charge in [0.05, 0.1) is 11.4 Å². The molecule has 1 aliphatic rings. The number of anilines is 1. The molecule has 4 rings (SSSR count). The Labute approximate surface area is 157 Å². The van der Waals surface area contributed by atoms with E-state index in [0.29, 0.717) is 0 Å². The van der Waals surface area contributed by atoms with E-state index in [1.807, 2.05) is 36.4 Å². The van der Waals surface area contributed by atoms with Crippen LogP contribution in [-0.4, -0.2) is 15.9 Å². The molecule has 132 valence electrons. The van der Waals surface area contributed by atoms with Gasteiger partial charge in [0.25, 0.3) is 0 Å². The Morgan fingerprint density at radius 3 is 2.85 bits per heavy atom. The Morgan fingerprint density at radius 2 is 2.08 bits per heavy atom. The average Bonchev–Trinajstić information content (AvgIpc) is 3.09. The molecule has 1 N–H and O–H groups in total. The first kappa shape index (κ1) is 16.9. The minimum Gasteiger partial charge on any atom is -0.326 e. The van der Waals surface area contributed by atoms with Crippen molar-refractivity contribution in [2.24, 2.45) is 5.92 Å². The number of aryl methyl sites for hydroxylation is 3. The summed E-state index contributed by atoms with van der Waals surface area (Å²) in [6.07, 6.45) is 4.24. The highest BCUT2D eigenvalue weighted by Gasteiger charge is 2.28. The topological polar surface area (TPSA) is 54.9 Å². The second-order valence-corrected chi connectivity index (χ2v) is 7.92. The highest BCUT2D eigenvalue weighted by Crippen LogP contribution is 2.34. The van der Waals surface area contributed by atoms with Crippen LogP contribution < -0.4 is 5.32 Å². The number of hydrogen-bond donors (Lipinski definition) is 1. The largest absolute Gasteiger partial charge is 0.326 e. The van der Waals surface area contributed by atoms with Gasteiger partial charge >= 0.3 is 0 Å². The minimum atomic E-state index is 0.00106. The zero-order valence-corrected chi connectivity index (χ0v) is 15.8. The summed E-state index contributed by atoms with van der Waals surface area (Å²) in [5, 5.41) is 4.03. The molecule has 1 amide bonds. The van der Waals surface area contributed by atoms with Crippen molar-refractivity contribution >= 4 is 22.9 Å². The fourth-order valence-corrected chi connectivity index (χ4v) is 4.43. The number of carbonyl (C=O) groups excluding carboxylic acids is 1. The second kappa shape index (κ2) is 7.00. The normalized spacial score (nSPS) is 16.2. The van der Waals surface area contributed by atoms with Gasteiger partial charge in [0.2, 0.25) is 5.91 Å². The molecule has 0 fully saturated rings. The maximum absolute atomic E-state index is 12.7. The predicted molar refractivity (Wildman–Crippen MR) is 105 cm³/mol. The lowest BCUT2D eigenvalue weighted by molar-refractivity contribution is -0.120. The van der Waals surface area contributed by atoms with Gasteiger partial charge in [-0.1, -0.05) is 12.1 Å². The number of rotatable bonds is 3. The molecule has 26 heavy (non-hydrogen) atoms.